The van der Waals surface area contributed by atoms with E-state index in [-0.39, 0.29) is 80.1 Å². The van der Waals surface area contributed by atoms with Crippen LogP contribution in [0.5, 0.6) is 6.01 Å². The zero-order valence-electron chi connectivity index (χ0n) is 29.6. The number of halogens is 2. The summed E-state index contributed by atoms with van der Waals surface area (Å²) in [5, 5.41) is 30.4. The minimum atomic E-state index is -0.659. The van der Waals surface area contributed by atoms with Gasteiger partial charge in [-0.15, -0.1) is 11.3 Å². The lowest BCUT2D eigenvalue weighted by molar-refractivity contribution is 0.111. The lowest BCUT2D eigenvalue weighted by atomic mass is 9.93. The Labute approximate surface area is 309 Å². The summed E-state index contributed by atoms with van der Waals surface area (Å²) in [6.07, 6.45) is 6.20. The van der Waals surface area contributed by atoms with Crippen LogP contribution in [0.1, 0.15) is 62.1 Å². The van der Waals surface area contributed by atoms with E-state index in [0.717, 1.165) is 94.3 Å². The second-order valence-corrected chi connectivity index (χ2v) is 16.7. The van der Waals surface area contributed by atoms with Crippen LogP contribution in [0.2, 0.25) is 0 Å². The van der Waals surface area contributed by atoms with Gasteiger partial charge in [0.05, 0.1) is 59.5 Å². The zero-order valence-corrected chi connectivity index (χ0v) is 30.4. The van der Waals surface area contributed by atoms with E-state index in [9.17, 15) is 15.6 Å². The molecule has 7 heterocycles. The number of pyridine rings is 1. The first-order valence-corrected chi connectivity index (χ1v) is 19.3. The second kappa shape index (κ2) is 13.2. The summed E-state index contributed by atoms with van der Waals surface area (Å²) in [7, 11) is 0. The topological polar surface area (TPSA) is 161 Å². The summed E-state index contributed by atoms with van der Waals surface area (Å²) >= 11 is 0.942. The Morgan fingerprint density at radius 1 is 1.08 bits per heavy atom. The van der Waals surface area contributed by atoms with Gasteiger partial charge >= 0.3 is 6.01 Å². The third-order valence-corrected chi connectivity index (χ3v) is 12.9. The third kappa shape index (κ3) is 5.94. The second-order valence-electron chi connectivity index (χ2n) is 15.6. The number of fused-ring (bicyclic) bond motifs is 6. The van der Waals surface area contributed by atoms with E-state index in [1.165, 1.54) is 0 Å². The van der Waals surface area contributed by atoms with Gasteiger partial charge in [0.2, 0.25) is 0 Å². The predicted molar refractivity (Wildman–Crippen MR) is 195 cm³/mol. The summed E-state index contributed by atoms with van der Waals surface area (Å²) < 4.78 is 45.3. The number of nitrogens with two attached hydrogens (primary N) is 1. The van der Waals surface area contributed by atoms with Gasteiger partial charge < -0.3 is 30.1 Å². The fourth-order valence-electron chi connectivity index (χ4n) is 9.17. The fourth-order valence-corrected chi connectivity index (χ4v) is 10.1. The quantitative estimate of drug-likeness (QED) is 0.234. The highest BCUT2D eigenvalue weighted by Gasteiger charge is 2.46. The highest BCUT2D eigenvalue weighted by atomic mass is 32.1. The Morgan fingerprint density at radius 3 is 2.49 bits per heavy atom. The Kier molecular flexibility index (Phi) is 8.63. The molecule has 4 fully saturated rings. The number of hydrogen-bond acceptors (Lipinski definition) is 13. The van der Waals surface area contributed by atoms with Crippen LogP contribution in [0.15, 0.2) is 6.20 Å². The molecule has 15 heteroatoms. The van der Waals surface area contributed by atoms with Gasteiger partial charge in [-0.1, -0.05) is 0 Å². The van der Waals surface area contributed by atoms with Crippen LogP contribution in [0.4, 0.5) is 19.6 Å². The number of aromatic nitrogens is 3. The summed E-state index contributed by atoms with van der Waals surface area (Å²) in [6, 6.07) is 4.76. The maximum Gasteiger partial charge on any atom is 0.319 e. The smallest absolute Gasteiger partial charge is 0.319 e. The van der Waals surface area contributed by atoms with Gasteiger partial charge in [-0.25, -0.2) is 8.78 Å². The number of nitriles is 2. The van der Waals surface area contributed by atoms with E-state index in [1.54, 1.807) is 6.92 Å². The molecular formula is C38H41F2N9O3S. The number of nitrogens with zero attached hydrogens (tertiary/aromatic N) is 8. The number of aliphatic hydroxyl groups excluding tert-OH is 1. The molecule has 1 saturated carbocycles. The first-order valence-electron chi connectivity index (χ1n) is 18.5. The Morgan fingerprint density at radius 2 is 1.81 bits per heavy atom. The molecule has 12 nitrogen and oxygen atoms in total. The Bertz CT molecular complexity index is 2190. The van der Waals surface area contributed by atoms with Crippen LogP contribution in [-0.2, 0) is 18.0 Å². The number of β-amino-alcohol motifs (C(OH)–C–C–N with tert-alkyl or cyclic N) is 1. The van der Waals surface area contributed by atoms with Crippen LogP contribution in [-0.4, -0.2) is 93.9 Å². The highest BCUT2D eigenvalue weighted by molar-refractivity contribution is 7.23. The van der Waals surface area contributed by atoms with Gasteiger partial charge in [-0.3, -0.25) is 9.88 Å². The Hall–Kier alpha value is -4.25. The molecule has 3 N–H and O–H groups in total. The molecule has 0 amide bonds. The van der Waals surface area contributed by atoms with Crippen molar-refractivity contribution in [3.63, 3.8) is 0 Å². The fraction of sp³-hybridized carbons (Fsp3) is 0.553. The number of benzene rings is 1. The zero-order chi connectivity index (χ0) is 36.6. The largest absolute Gasteiger partial charge is 0.463 e. The van der Waals surface area contributed by atoms with Crippen molar-refractivity contribution in [3.8, 4) is 29.4 Å². The molecule has 3 saturated heterocycles. The summed E-state index contributed by atoms with van der Waals surface area (Å²) in [6.45, 7) is 7.16. The van der Waals surface area contributed by atoms with Gasteiger partial charge in [0, 0.05) is 60.5 Å². The van der Waals surface area contributed by atoms with Crippen LogP contribution in [0, 0.1) is 45.6 Å². The summed E-state index contributed by atoms with van der Waals surface area (Å²) in [5.74, 6) is -0.569. The summed E-state index contributed by atoms with van der Waals surface area (Å²) in [4.78, 5) is 21.3. The van der Waals surface area contributed by atoms with Crippen molar-refractivity contribution in [2.75, 3.05) is 56.5 Å². The normalized spacial score (nSPS) is 23.3. The molecule has 4 aliphatic heterocycles. The molecule has 4 aromatic rings. The van der Waals surface area contributed by atoms with Crippen molar-refractivity contribution in [3.05, 3.63) is 34.5 Å². The van der Waals surface area contributed by atoms with Crippen molar-refractivity contribution in [2.45, 2.75) is 76.9 Å². The number of ether oxygens (including phenoxy) is 2. The first-order chi connectivity index (χ1) is 25.7. The highest BCUT2D eigenvalue weighted by Crippen LogP contribution is 2.50. The van der Waals surface area contributed by atoms with Crippen LogP contribution < -0.4 is 15.4 Å². The number of piperazine rings is 1. The maximum atomic E-state index is 17.6. The number of piperidine rings is 1. The average molecular weight is 742 g/mol. The van der Waals surface area contributed by atoms with E-state index < -0.39 is 17.7 Å². The number of thiophene rings is 1. The minimum Gasteiger partial charge on any atom is -0.463 e. The van der Waals surface area contributed by atoms with Gasteiger partial charge in [-0.2, -0.15) is 20.5 Å². The SMILES string of the molecule is C[C@@H](O)CN1CC2CCC(C1)N2c1nc(OCC2(CN3CCC(C#N)CC3)CC2)nc2c(F)c(-c3ncc(F)c4sc(N)c(C#N)c34)c3c(c12)COC3. The molecule has 3 atom stereocenters. The van der Waals surface area contributed by atoms with Gasteiger partial charge in [-0.05, 0) is 69.7 Å². The molecule has 276 valence electrons. The van der Waals surface area contributed by atoms with E-state index in [1.807, 2.05) is 0 Å². The molecule has 0 spiro atoms. The number of rotatable bonds is 9. The minimum absolute atomic E-state index is 0.0600. The van der Waals surface area contributed by atoms with E-state index in [2.05, 4.69) is 31.8 Å². The van der Waals surface area contributed by atoms with E-state index in [4.69, 9.17) is 25.2 Å². The maximum absolute atomic E-state index is 17.6. The molecule has 2 bridgehead atoms. The molecule has 1 aromatic carbocycles. The van der Waals surface area contributed by atoms with Crippen molar-refractivity contribution >= 4 is 43.1 Å². The number of aliphatic hydroxyl groups is 1. The molecule has 3 aromatic heterocycles. The van der Waals surface area contributed by atoms with Gasteiger partial charge in [0.1, 0.15) is 22.4 Å². The standard InChI is InChI=1S/C38H41F2N9O3S/c1-20(50)13-48-14-22-2-3-23(15-48)49(22)36-30-26-17-51-16-25(26)28(32-29-24(11-42)35(43)53-34(29)27(39)12-44-32)31(40)33(30)45-37(46-36)52-19-38(6-7-38)18-47-8-4-21(10-41)5-9-47/h12,20-23,50H,2-9,13-19,43H2,1H3/t20-,22?,23?/m1/s1. The Balaban J connectivity index is 1.16. The molecule has 1 aliphatic carbocycles. The van der Waals surface area contributed by atoms with E-state index >= 15 is 8.78 Å². The van der Waals surface area contributed by atoms with Crippen LogP contribution in [0.25, 0.3) is 32.2 Å². The van der Waals surface area contributed by atoms with Gasteiger partial charge in [0.25, 0.3) is 0 Å². The third-order valence-electron chi connectivity index (χ3n) is 11.9. The van der Waals surface area contributed by atoms with Crippen molar-refractivity contribution in [1.82, 2.24) is 24.8 Å². The van der Waals surface area contributed by atoms with Crippen molar-refractivity contribution in [1.29, 1.82) is 10.5 Å². The lowest BCUT2D eigenvalue weighted by Crippen LogP contribution is -2.55. The van der Waals surface area contributed by atoms with Gasteiger partial charge in [0.15, 0.2) is 11.6 Å². The average Bonchev–Trinajstić information content (AvgIpc) is 3.42. The first kappa shape index (κ1) is 34.5. The van der Waals surface area contributed by atoms with E-state index in [0.29, 0.717) is 29.9 Å². The number of anilines is 2. The predicted octanol–water partition coefficient (Wildman–Crippen LogP) is 5.10. The number of nitrogen functional groups attached to an aromatic ring is 1. The number of hydrogen-bond donors (Lipinski definition) is 2. The van der Waals surface area contributed by atoms with Crippen LogP contribution >= 0.6 is 11.3 Å². The van der Waals surface area contributed by atoms with Crippen molar-refractivity contribution < 1.29 is 23.4 Å². The molecule has 2 unspecified atom stereocenters. The molecule has 9 rings (SSSR count). The van der Waals surface area contributed by atoms with Crippen LogP contribution in [0.3, 0.4) is 0 Å². The lowest BCUT2D eigenvalue weighted by Gasteiger charge is -2.42. The molecular weight excluding hydrogens is 701 g/mol. The monoisotopic (exact) mass is 741 g/mol. The van der Waals surface area contributed by atoms with Crippen molar-refractivity contribution in [2.24, 2.45) is 11.3 Å². The summed E-state index contributed by atoms with van der Waals surface area (Å²) in [5.41, 5.74) is 7.78. The molecule has 0 radical (unpaired) electrons. The molecule has 5 aliphatic rings. The number of likely N-dealkylation sites (tertiary alicyclic amines) is 2. The molecule has 53 heavy (non-hydrogen) atoms.